The van der Waals surface area contributed by atoms with Crippen molar-refractivity contribution >= 4 is 31.9 Å². The Morgan fingerprint density at radius 3 is 0.968 bits per heavy atom. The van der Waals surface area contributed by atoms with E-state index in [0.29, 0.717) is 0 Å². The highest BCUT2D eigenvalue weighted by Gasteiger charge is 2.77. The van der Waals surface area contributed by atoms with E-state index in [-0.39, 0.29) is 0 Å². The predicted octanol–water partition coefficient (Wildman–Crippen LogP) is 6.27. The van der Waals surface area contributed by atoms with Gasteiger partial charge in [-0.25, -0.2) is 0 Å². The number of H-pyrrole nitrogens is 1. The van der Waals surface area contributed by atoms with Gasteiger partial charge in [-0.3, -0.25) is 0 Å². The summed E-state index contributed by atoms with van der Waals surface area (Å²) in [4.78, 5) is 1.05. The first-order valence-corrected chi connectivity index (χ1v) is 8.53. The number of aliphatic hydroxyl groups excluding tert-OH is 2. The lowest BCUT2D eigenvalue weighted by molar-refractivity contribution is -0.373. The maximum atomic E-state index is 13.6. The van der Waals surface area contributed by atoms with E-state index < -0.39 is 68.6 Å². The largest absolute Gasteiger partial charge is 0.459 e. The molecule has 0 aliphatic carbocycles. The van der Waals surface area contributed by atoms with Gasteiger partial charge >= 0.3 is 36.0 Å². The summed E-state index contributed by atoms with van der Waals surface area (Å²) in [6.45, 7) is 0. The topological polar surface area (TPSA) is 56.2 Å². The highest BCUT2D eigenvalue weighted by atomic mass is 79.9. The van der Waals surface area contributed by atoms with Gasteiger partial charge < -0.3 is 15.2 Å². The average molecular weight is 621 g/mol. The third kappa shape index (κ3) is 4.25. The number of hydrogen-bond donors (Lipinski definition) is 3. The van der Waals surface area contributed by atoms with E-state index >= 15 is 0 Å². The highest BCUT2D eigenvalue weighted by molar-refractivity contribution is 9.13. The molecule has 0 spiro atoms. The van der Waals surface area contributed by atoms with Crippen molar-refractivity contribution in [1.82, 2.24) is 4.98 Å². The number of halogens is 16. The van der Waals surface area contributed by atoms with Crippen LogP contribution in [0.25, 0.3) is 0 Å². The van der Waals surface area contributed by atoms with Gasteiger partial charge in [0.05, 0.1) is 20.3 Å². The third-order valence-electron chi connectivity index (χ3n) is 3.72. The SMILES string of the molecule is OC(c1[nH]c(C(O)C(F)(F)C(F)(F)C(F)(F)F)c(Br)c1Br)C(F)(F)C(F)(F)C(F)(F)F. The molecule has 0 radical (unpaired) electrons. The standard InChI is InChI=1S/C12H5Br2F14NO2/c13-1-2(14)4(6(31)8(17,18)10(21,22)12(26,27)28)29-3(1)5(30)7(15,16)9(19,20)11(23,24)25/h5-6,29-31H. The molecule has 0 amide bonds. The van der Waals surface area contributed by atoms with Crippen LogP contribution in [-0.4, -0.2) is 51.2 Å². The van der Waals surface area contributed by atoms with Crippen LogP contribution in [0.15, 0.2) is 8.95 Å². The van der Waals surface area contributed by atoms with Crippen LogP contribution < -0.4 is 0 Å². The van der Waals surface area contributed by atoms with Crippen LogP contribution in [-0.2, 0) is 0 Å². The van der Waals surface area contributed by atoms with Gasteiger partial charge in [0.1, 0.15) is 0 Å². The summed E-state index contributed by atoms with van der Waals surface area (Å²) in [5, 5.41) is 18.7. The summed E-state index contributed by atoms with van der Waals surface area (Å²) in [5.41, 5.74) is -3.78. The van der Waals surface area contributed by atoms with Gasteiger partial charge in [0.2, 0.25) is 0 Å². The molecule has 0 fully saturated rings. The van der Waals surface area contributed by atoms with Gasteiger partial charge in [-0.2, -0.15) is 61.5 Å². The van der Waals surface area contributed by atoms with E-state index in [2.05, 4.69) is 31.9 Å². The molecule has 31 heavy (non-hydrogen) atoms. The van der Waals surface area contributed by atoms with Gasteiger partial charge in [0.25, 0.3) is 0 Å². The monoisotopic (exact) mass is 619 g/mol. The Balaban J connectivity index is 3.56. The van der Waals surface area contributed by atoms with E-state index in [9.17, 15) is 71.7 Å². The van der Waals surface area contributed by atoms with Crippen molar-refractivity contribution in [2.45, 2.75) is 48.3 Å². The molecule has 3 N–H and O–H groups in total. The van der Waals surface area contributed by atoms with Crippen LogP contribution in [0, 0.1) is 0 Å². The van der Waals surface area contributed by atoms with Crippen LogP contribution in [0.3, 0.4) is 0 Å². The van der Waals surface area contributed by atoms with Crippen molar-refractivity contribution in [3.8, 4) is 0 Å². The minimum Gasteiger partial charge on any atom is -0.380 e. The van der Waals surface area contributed by atoms with Crippen molar-refractivity contribution in [3.63, 3.8) is 0 Å². The maximum absolute atomic E-state index is 13.6. The number of aromatic nitrogens is 1. The highest BCUT2D eigenvalue weighted by Crippen LogP contribution is 2.55. The molecular formula is C12H5Br2F14NO2. The third-order valence-corrected chi connectivity index (χ3v) is 5.90. The first-order valence-electron chi connectivity index (χ1n) is 6.94. The Labute approximate surface area is 177 Å². The van der Waals surface area contributed by atoms with Gasteiger partial charge in [0, 0.05) is 0 Å². The predicted molar refractivity (Wildman–Crippen MR) is 78.0 cm³/mol. The molecular weight excluding hydrogens is 616 g/mol. The summed E-state index contributed by atoms with van der Waals surface area (Å²) in [7, 11) is 0. The van der Waals surface area contributed by atoms with Crippen LogP contribution in [0.4, 0.5) is 61.5 Å². The fourth-order valence-corrected chi connectivity index (χ4v) is 3.01. The van der Waals surface area contributed by atoms with Crippen LogP contribution in [0.2, 0.25) is 0 Å². The number of hydrogen-bond acceptors (Lipinski definition) is 2. The lowest BCUT2D eigenvalue weighted by Crippen LogP contribution is -2.55. The minimum atomic E-state index is -6.93. The summed E-state index contributed by atoms with van der Waals surface area (Å²) in [6, 6.07) is 0. The maximum Gasteiger partial charge on any atom is 0.459 e. The zero-order valence-corrected chi connectivity index (χ0v) is 16.8. The number of aromatic amines is 1. The van der Waals surface area contributed by atoms with Gasteiger partial charge in [0.15, 0.2) is 12.2 Å². The van der Waals surface area contributed by atoms with E-state index in [1.54, 1.807) is 0 Å². The minimum absolute atomic E-state index is 1.05. The zero-order valence-electron chi connectivity index (χ0n) is 13.6. The molecule has 0 saturated heterocycles. The molecule has 2 atom stereocenters. The molecule has 3 nitrogen and oxygen atoms in total. The molecule has 2 unspecified atom stereocenters. The molecule has 182 valence electrons. The Morgan fingerprint density at radius 1 is 0.548 bits per heavy atom. The fraction of sp³-hybridized carbons (Fsp3) is 0.667. The van der Waals surface area contributed by atoms with Crippen LogP contribution in [0.1, 0.15) is 23.6 Å². The quantitative estimate of drug-likeness (QED) is 0.329. The summed E-state index contributed by atoms with van der Waals surface area (Å²) in [5.74, 6) is -26.6. The van der Waals surface area contributed by atoms with Crippen LogP contribution in [0.5, 0.6) is 0 Å². The molecule has 0 aromatic carbocycles. The Hall–Kier alpha value is -0.820. The van der Waals surface area contributed by atoms with Gasteiger partial charge in [-0.1, -0.05) is 0 Å². The molecule has 19 heteroatoms. The summed E-state index contributed by atoms with van der Waals surface area (Å²) < 4.78 is 177. The van der Waals surface area contributed by atoms with Gasteiger partial charge in [-0.15, -0.1) is 0 Å². The molecule has 1 rings (SSSR count). The van der Waals surface area contributed by atoms with E-state index in [0.717, 1.165) is 4.98 Å². The van der Waals surface area contributed by atoms with Crippen molar-refractivity contribution in [1.29, 1.82) is 0 Å². The Morgan fingerprint density at radius 2 is 0.774 bits per heavy atom. The average Bonchev–Trinajstić information content (AvgIpc) is 2.86. The van der Waals surface area contributed by atoms with Crippen molar-refractivity contribution in [2.24, 2.45) is 0 Å². The second kappa shape index (κ2) is 7.89. The number of aliphatic hydroxyl groups is 2. The second-order valence-corrected chi connectivity index (χ2v) is 7.36. The Kier molecular flexibility index (Phi) is 7.18. The lowest BCUT2D eigenvalue weighted by atomic mass is 10.0. The Bertz CT molecular complexity index is 751. The normalized spacial score (nSPS) is 17.1. The van der Waals surface area contributed by atoms with E-state index in [1.165, 1.54) is 0 Å². The molecule has 0 aliphatic rings. The molecule has 0 saturated carbocycles. The summed E-state index contributed by atoms with van der Waals surface area (Å²) in [6.07, 6.45) is -22.3. The molecule has 1 aromatic rings. The zero-order chi connectivity index (χ0) is 25.2. The van der Waals surface area contributed by atoms with E-state index in [1.807, 2.05) is 0 Å². The van der Waals surface area contributed by atoms with Crippen molar-refractivity contribution in [2.75, 3.05) is 0 Å². The lowest BCUT2D eigenvalue weighted by Gasteiger charge is -2.32. The van der Waals surface area contributed by atoms with Crippen molar-refractivity contribution < 1.29 is 71.7 Å². The second-order valence-electron chi connectivity index (χ2n) is 5.78. The molecule has 1 heterocycles. The number of rotatable bonds is 6. The first-order chi connectivity index (χ1) is 13.4. The van der Waals surface area contributed by atoms with Gasteiger partial charge in [-0.05, 0) is 31.9 Å². The van der Waals surface area contributed by atoms with Crippen molar-refractivity contribution in [3.05, 3.63) is 20.3 Å². The molecule has 0 aliphatic heterocycles. The molecule has 0 bridgehead atoms. The summed E-state index contributed by atoms with van der Waals surface area (Å²) >= 11 is 4.35. The smallest absolute Gasteiger partial charge is 0.380 e. The number of alkyl halides is 14. The van der Waals surface area contributed by atoms with E-state index in [4.69, 9.17) is 0 Å². The molecule has 1 aromatic heterocycles. The fourth-order valence-electron chi connectivity index (χ4n) is 1.95. The number of nitrogens with one attached hydrogen (secondary N) is 1. The van der Waals surface area contributed by atoms with Crippen LogP contribution >= 0.6 is 31.9 Å². The first kappa shape index (κ1) is 28.2.